The summed E-state index contributed by atoms with van der Waals surface area (Å²) in [6, 6.07) is 17.2. The minimum absolute atomic E-state index is 0.00425. The van der Waals surface area contributed by atoms with E-state index in [0.717, 1.165) is 24.3 Å². The minimum atomic E-state index is -0.986. The maximum absolute atomic E-state index is 12.8. The summed E-state index contributed by atoms with van der Waals surface area (Å²) < 4.78 is 82.7. The first-order valence-electron chi connectivity index (χ1n) is 33.2. The summed E-state index contributed by atoms with van der Waals surface area (Å²) in [5.74, 6) is -3.95. The molecule has 2 saturated carbocycles. The fourth-order valence-corrected chi connectivity index (χ4v) is 9.90. The molecule has 0 aliphatic heterocycles. The zero-order valence-electron chi connectivity index (χ0n) is 57.5. The Morgan fingerprint density at radius 1 is 0.317 bits per heavy atom. The molecule has 0 radical (unpaired) electrons. The van der Waals surface area contributed by atoms with E-state index in [4.69, 9.17) is 99.0 Å². The summed E-state index contributed by atoms with van der Waals surface area (Å²) in [5, 5.41) is -0.00849. The summed E-state index contributed by atoms with van der Waals surface area (Å²) in [4.78, 5) is 143. The SMILES string of the molecule is C=CC(=O)OCCCCOC(=O)Oc1ccc(C(=O)OC2CCC(OC(=O)c3ccc(OC(=O)OCCCCOC(=O)C=C)c(C)c3)CC2)cc1C.C=CC(=O)OCCCCOC(=O)Oc1ccc(C(=O)OC2CCC(OC(=O)c3ccc(OC(=O)OCCCCOC(=O)C=C)c(Cl)c3)CC2)cc1Cl. The molecular weight excluding hydrogens is 1410 g/mol. The van der Waals surface area contributed by atoms with Crippen LogP contribution < -0.4 is 18.9 Å². The zero-order valence-corrected chi connectivity index (χ0v) is 59.0. The highest BCUT2D eigenvalue weighted by atomic mass is 35.5. The Balaban J connectivity index is 0.000000374. The first-order chi connectivity index (χ1) is 50.0. The quantitative estimate of drug-likeness (QED) is 0.0134. The predicted octanol–water partition coefficient (Wildman–Crippen LogP) is 14.0. The number of esters is 8. The van der Waals surface area contributed by atoms with Crippen LogP contribution in [0.4, 0.5) is 19.2 Å². The third kappa shape index (κ3) is 31.7. The van der Waals surface area contributed by atoms with Gasteiger partial charge in [0.15, 0.2) is 11.5 Å². The average molecular weight is 1490 g/mol. The van der Waals surface area contributed by atoms with Gasteiger partial charge in [-0.15, -0.1) is 0 Å². The number of halogens is 2. The number of ether oxygens (including phenoxy) is 16. The molecule has 0 heterocycles. The van der Waals surface area contributed by atoms with E-state index in [0.29, 0.717) is 125 Å². The Morgan fingerprint density at radius 3 is 0.731 bits per heavy atom. The first-order valence-corrected chi connectivity index (χ1v) is 33.9. The molecule has 4 aromatic rings. The van der Waals surface area contributed by atoms with E-state index in [9.17, 15) is 57.5 Å². The third-order valence-electron chi connectivity index (χ3n) is 14.9. The van der Waals surface area contributed by atoms with E-state index in [1.807, 2.05) is 0 Å². The summed E-state index contributed by atoms with van der Waals surface area (Å²) in [6.45, 7) is 17.5. The van der Waals surface area contributed by atoms with Crippen molar-refractivity contribution in [2.24, 2.45) is 0 Å². The van der Waals surface area contributed by atoms with Crippen molar-refractivity contribution in [3.8, 4) is 23.0 Å². The molecule has 4 aromatic carbocycles. The van der Waals surface area contributed by atoms with Crippen molar-refractivity contribution in [1.82, 2.24) is 0 Å². The van der Waals surface area contributed by atoms with E-state index < -0.39 is 84.6 Å². The maximum Gasteiger partial charge on any atom is 0.513 e. The predicted molar refractivity (Wildman–Crippen MR) is 368 cm³/mol. The standard InChI is InChI=1S/C38H44O14.C36H38Cl2O14/c1-5-33(39)45-19-7-9-21-47-37(43)51-31-17-11-27(23-25(31)3)35(41)49-29-13-15-30(16-14-29)50-36(42)28-12-18-32(26(4)24-28)52-38(44)48-22-10-8-20-46-34(40)6-2;1-3-31(39)45-17-5-7-19-47-35(43)51-29-15-9-23(21-27(29)37)33(41)49-25-11-13-26(14-12-25)50-34(42)24-10-16-30(28(38)22-24)52-36(44)48-20-8-6-18-46-32(40)4-2/h5-6,11-12,17-18,23-24,29-30H,1-2,7-10,13-16,19-22H2,3-4H3;3-4,9-10,15-16,21-22,25-26H,1-2,5-8,11-14,17-20H2. The molecule has 0 spiro atoms. The molecule has 0 atom stereocenters. The molecule has 6 rings (SSSR count). The second-order valence-electron chi connectivity index (χ2n) is 22.8. The number of unbranched alkanes of at least 4 members (excludes halogenated alkanes) is 4. The van der Waals surface area contributed by atoms with Gasteiger partial charge in [0.1, 0.15) is 35.9 Å². The van der Waals surface area contributed by atoms with Crippen molar-refractivity contribution in [3.63, 3.8) is 0 Å². The van der Waals surface area contributed by atoms with Gasteiger partial charge < -0.3 is 75.8 Å². The summed E-state index contributed by atoms with van der Waals surface area (Å²) in [5.41, 5.74) is 1.95. The van der Waals surface area contributed by atoms with Gasteiger partial charge in [0.25, 0.3) is 0 Å². The second kappa shape index (κ2) is 46.0. The second-order valence-corrected chi connectivity index (χ2v) is 23.6. The van der Waals surface area contributed by atoms with Crippen molar-refractivity contribution in [2.45, 2.75) is 141 Å². The number of benzene rings is 4. The number of hydrogen-bond acceptors (Lipinski definition) is 28. The average Bonchev–Trinajstić information content (AvgIpc) is 0.875. The van der Waals surface area contributed by atoms with E-state index in [2.05, 4.69) is 26.3 Å². The van der Waals surface area contributed by atoms with Crippen LogP contribution in [-0.2, 0) is 76.0 Å². The lowest BCUT2D eigenvalue weighted by atomic mass is 9.94. The Kier molecular flexibility index (Phi) is 37.1. The molecule has 0 saturated heterocycles. The molecule has 0 amide bonds. The van der Waals surface area contributed by atoms with Crippen molar-refractivity contribution >= 4 is 95.6 Å². The highest BCUT2D eigenvalue weighted by molar-refractivity contribution is 6.33. The van der Waals surface area contributed by atoms with Crippen LogP contribution in [0, 0.1) is 13.8 Å². The molecule has 0 N–H and O–H groups in total. The molecule has 560 valence electrons. The number of hydrogen-bond donors (Lipinski definition) is 0. The highest BCUT2D eigenvalue weighted by Gasteiger charge is 2.30. The molecular formula is C74H82Cl2O28. The van der Waals surface area contributed by atoms with Gasteiger partial charge in [-0.05, 0) is 201 Å². The lowest BCUT2D eigenvalue weighted by molar-refractivity contribution is -0.138. The van der Waals surface area contributed by atoms with Gasteiger partial charge in [0.2, 0.25) is 0 Å². The van der Waals surface area contributed by atoms with Gasteiger partial charge >= 0.3 is 72.4 Å². The Bertz CT molecular complexity index is 3190. The number of carbonyl (C=O) groups excluding carboxylic acids is 12. The molecule has 2 aliphatic carbocycles. The highest BCUT2D eigenvalue weighted by Crippen LogP contribution is 2.32. The van der Waals surface area contributed by atoms with Crippen LogP contribution in [0.25, 0.3) is 0 Å². The lowest BCUT2D eigenvalue weighted by Crippen LogP contribution is -2.29. The largest absolute Gasteiger partial charge is 0.513 e. The van der Waals surface area contributed by atoms with Crippen LogP contribution in [-0.4, -0.2) is 150 Å². The van der Waals surface area contributed by atoms with Crippen LogP contribution in [0.2, 0.25) is 10.0 Å². The third-order valence-corrected chi connectivity index (χ3v) is 15.5. The topological polar surface area (TPSA) is 353 Å². The molecule has 30 heteroatoms. The zero-order chi connectivity index (χ0) is 75.8. The minimum Gasteiger partial charge on any atom is -0.463 e. The molecule has 0 aromatic heterocycles. The van der Waals surface area contributed by atoms with Crippen molar-refractivity contribution in [1.29, 1.82) is 0 Å². The summed E-state index contributed by atoms with van der Waals surface area (Å²) in [6.07, 6.45) is 6.47. The van der Waals surface area contributed by atoms with E-state index >= 15 is 0 Å². The van der Waals surface area contributed by atoms with E-state index in [-0.39, 0.29) is 109 Å². The van der Waals surface area contributed by atoms with Crippen molar-refractivity contribution in [3.05, 3.63) is 167 Å². The van der Waals surface area contributed by atoms with Crippen LogP contribution in [0.3, 0.4) is 0 Å². The van der Waals surface area contributed by atoms with Crippen LogP contribution in [0.5, 0.6) is 23.0 Å². The number of aryl methyl sites for hydroxylation is 2. The molecule has 0 bridgehead atoms. The number of carbonyl (C=O) groups is 12. The number of rotatable bonds is 36. The molecule has 2 aliphatic rings. The lowest BCUT2D eigenvalue weighted by Gasteiger charge is -2.28. The molecule has 2 fully saturated rings. The maximum atomic E-state index is 12.8. The Labute approximate surface area is 609 Å². The van der Waals surface area contributed by atoms with Gasteiger partial charge in [-0.1, -0.05) is 49.5 Å². The molecule has 28 nitrogen and oxygen atoms in total. The summed E-state index contributed by atoms with van der Waals surface area (Å²) in [7, 11) is 0. The van der Waals surface area contributed by atoms with Crippen LogP contribution in [0.1, 0.15) is 155 Å². The Morgan fingerprint density at radius 2 is 0.519 bits per heavy atom. The monoisotopic (exact) mass is 1490 g/mol. The smallest absolute Gasteiger partial charge is 0.463 e. The van der Waals surface area contributed by atoms with Crippen LogP contribution in [0.15, 0.2) is 123 Å². The first kappa shape index (κ1) is 83.9. The van der Waals surface area contributed by atoms with E-state index in [1.54, 1.807) is 26.0 Å². The molecule has 0 unspecified atom stereocenters. The molecule has 104 heavy (non-hydrogen) atoms. The van der Waals surface area contributed by atoms with Gasteiger partial charge in [-0.25, -0.2) is 57.5 Å². The fourth-order valence-electron chi connectivity index (χ4n) is 9.46. The van der Waals surface area contributed by atoms with Crippen molar-refractivity contribution < 1.29 is 133 Å². The van der Waals surface area contributed by atoms with Gasteiger partial charge in [0.05, 0.1) is 85.2 Å². The van der Waals surface area contributed by atoms with Crippen molar-refractivity contribution in [2.75, 3.05) is 52.9 Å². The van der Waals surface area contributed by atoms with Gasteiger partial charge in [-0.2, -0.15) is 0 Å². The van der Waals surface area contributed by atoms with Gasteiger partial charge in [-0.3, -0.25) is 0 Å². The summed E-state index contributed by atoms with van der Waals surface area (Å²) >= 11 is 12.4. The fraction of sp³-hybridized carbons (Fsp3) is 0.405. The normalized spacial score (nSPS) is 14.9. The van der Waals surface area contributed by atoms with Crippen LogP contribution >= 0.6 is 23.2 Å². The Hall–Kier alpha value is -10.7. The van der Waals surface area contributed by atoms with Gasteiger partial charge in [0, 0.05) is 24.3 Å². The van der Waals surface area contributed by atoms with E-state index in [1.165, 1.54) is 60.7 Å².